The van der Waals surface area contributed by atoms with Crippen molar-refractivity contribution >= 4 is 23.4 Å². The van der Waals surface area contributed by atoms with Crippen LogP contribution in [0.5, 0.6) is 0 Å². The van der Waals surface area contributed by atoms with Crippen molar-refractivity contribution in [1.82, 2.24) is 35.0 Å². The first-order valence-corrected chi connectivity index (χ1v) is 11.7. The minimum absolute atomic E-state index is 0.0575. The van der Waals surface area contributed by atoms with Crippen LogP contribution in [0, 0.1) is 5.82 Å². The normalized spacial score (nSPS) is 15.5. The van der Waals surface area contributed by atoms with Gasteiger partial charge in [-0.3, -0.25) is 9.36 Å². The fraction of sp³-hybridized carbons (Fsp3) is 0.273. The standard InChI is InChI=1S/C22H21FN8O2S/c23-16-5-3-15(4-6-16)21-26-27-22(30(21)12-19-2-1-11-33-19)34-13-20(32)25-17-7-9-18(10-8-17)31-14-24-28-29-31/h3-10,14,19H,1-2,11-13H2,(H,25,32)/t19-/m1/s1. The number of aromatic nitrogens is 7. The van der Waals surface area contributed by atoms with Gasteiger partial charge in [0.2, 0.25) is 5.91 Å². The minimum atomic E-state index is -0.314. The highest BCUT2D eigenvalue weighted by Crippen LogP contribution is 2.27. The van der Waals surface area contributed by atoms with Crippen molar-refractivity contribution in [2.45, 2.75) is 30.6 Å². The SMILES string of the molecule is O=C(CSc1nnc(-c2ccc(F)cc2)n1C[C@H]1CCCO1)Nc1ccc(-n2cnnn2)cc1. The molecule has 12 heteroatoms. The molecule has 174 valence electrons. The van der Waals surface area contributed by atoms with Crippen LogP contribution in [0.15, 0.2) is 60.0 Å². The Hall–Kier alpha value is -3.64. The third-order valence-electron chi connectivity index (χ3n) is 5.33. The highest BCUT2D eigenvalue weighted by atomic mass is 32.2. The van der Waals surface area contributed by atoms with Gasteiger partial charge < -0.3 is 10.1 Å². The van der Waals surface area contributed by atoms with E-state index in [-0.39, 0.29) is 23.6 Å². The van der Waals surface area contributed by atoms with Crippen molar-refractivity contribution in [3.8, 4) is 17.1 Å². The fourth-order valence-electron chi connectivity index (χ4n) is 3.67. The summed E-state index contributed by atoms with van der Waals surface area (Å²) >= 11 is 1.29. The van der Waals surface area contributed by atoms with E-state index in [1.807, 2.05) is 16.7 Å². The number of carbonyl (C=O) groups is 1. The summed E-state index contributed by atoms with van der Waals surface area (Å²) in [7, 11) is 0. The maximum Gasteiger partial charge on any atom is 0.234 e. The van der Waals surface area contributed by atoms with E-state index >= 15 is 0 Å². The van der Waals surface area contributed by atoms with Gasteiger partial charge in [-0.15, -0.1) is 15.3 Å². The Balaban J connectivity index is 1.26. The second-order valence-corrected chi connectivity index (χ2v) is 8.64. The second-order valence-electron chi connectivity index (χ2n) is 7.70. The second kappa shape index (κ2) is 10.1. The maximum atomic E-state index is 13.4. The summed E-state index contributed by atoms with van der Waals surface area (Å²) in [5.41, 5.74) is 2.20. The van der Waals surface area contributed by atoms with Crippen LogP contribution in [-0.4, -0.2) is 59.3 Å². The molecule has 2 aromatic carbocycles. The average Bonchev–Trinajstić information content (AvgIpc) is 3.62. The molecule has 3 heterocycles. The number of ether oxygens (including phenoxy) is 1. The highest BCUT2D eigenvalue weighted by Gasteiger charge is 2.22. The van der Waals surface area contributed by atoms with Gasteiger partial charge >= 0.3 is 0 Å². The molecule has 1 amide bonds. The van der Waals surface area contributed by atoms with Gasteiger partial charge in [0, 0.05) is 17.9 Å². The largest absolute Gasteiger partial charge is 0.376 e. The van der Waals surface area contributed by atoms with E-state index in [1.54, 1.807) is 24.3 Å². The number of nitrogens with one attached hydrogen (secondary N) is 1. The predicted molar refractivity (Wildman–Crippen MR) is 123 cm³/mol. The molecule has 1 fully saturated rings. The lowest BCUT2D eigenvalue weighted by Gasteiger charge is -2.14. The van der Waals surface area contributed by atoms with Gasteiger partial charge in [0.05, 0.1) is 24.1 Å². The van der Waals surface area contributed by atoms with E-state index in [1.165, 1.54) is 34.9 Å². The predicted octanol–water partition coefficient (Wildman–Crippen LogP) is 2.97. The average molecular weight is 481 g/mol. The number of halogens is 1. The summed E-state index contributed by atoms with van der Waals surface area (Å²) in [6.45, 7) is 1.30. The van der Waals surface area contributed by atoms with Crippen molar-refractivity contribution in [2.24, 2.45) is 0 Å². The Kier molecular flexibility index (Phi) is 6.58. The lowest BCUT2D eigenvalue weighted by molar-refractivity contribution is -0.113. The Labute approximate surface area is 198 Å². The van der Waals surface area contributed by atoms with Crippen LogP contribution in [0.4, 0.5) is 10.1 Å². The van der Waals surface area contributed by atoms with Crippen molar-refractivity contribution in [1.29, 1.82) is 0 Å². The number of amides is 1. The van der Waals surface area contributed by atoms with E-state index in [0.717, 1.165) is 30.7 Å². The fourth-order valence-corrected chi connectivity index (χ4v) is 4.42. The lowest BCUT2D eigenvalue weighted by Crippen LogP contribution is -2.18. The molecule has 1 N–H and O–H groups in total. The molecular weight excluding hydrogens is 459 g/mol. The molecule has 2 aromatic heterocycles. The molecule has 5 rings (SSSR count). The van der Waals surface area contributed by atoms with E-state index in [0.29, 0.717) is 23.2 Å². The first kappa shape index (κ1) is 22.2. The zero-order valence-electron chi connectivity index (χ0n) is 18.0. The summed E-state index contributed by atoms with van der Waals surface area (Å²) < 4.78 is 22.7. The van der Waals surface area contributed by atoms with Crippen molar-refractivity contribution < 1.29 is 13.9 Å². The number of anilines is 1. The van der Waals surface area contributed by atoms with Crippen molar-refractivity contribution in [3.05, 3.63) is 60.7 Å². The van der Waals surface area contributed by atoms with Gasteiger partial charge in [-0.1, -0.05) is 11.8 Å². The molecule has 0 bridgehead atoms. The molecule has 1 aliphatic heterocycles. The number of carbonyl (C=O) groups excluding carboxylic acids is 1. The number of nitrogens with zero attached hydrogens (tertiary/aromatic N) is 7. The third-order valence-corrected chi connectivity index (χ3v) is 6.29. The van der Waals surface area contributed by atoms with Crippen molar-refractivity contribution in [2.75, 3.05) is 17.7 Å². The quantitative estimate of drug-likeness (QED) is 0.383. The first-order valence-electron chi connectivity index (χ1n) is 10.7. The Bertz CT molecular complexity index is 1240. The van der Waals surface area contributed by atoms with Gasteiger partial charge in [-0.05, 0) is 71.8 Å². The molecule has 0 aliphatic carbocycles. The summed E-state index contributed by atoms with van der Waals surface area (Å²) in [6, 6.07) is 13.3. The van der Waals surface area contributed by atoms with E-state index in [4.69, 9.17) is 4.74 Å². The Morgan fingerprint density at radius 1 is 1.15 bits per heavy atom. The van der Waals surface area contributed by atoms with Crippen molar-refractivity contribution in [3.63, 3.8) is 0 Å². The topological polar surface area (TPSA) is 113 Å². The molecule has 1 saturated heterocycles. The molecule has 4 aromatic rings. The lowest BCUT2D eigenvalue weighted by atomic mass is 10.2. The number of hydrogen-bond acceptors (Lipinski definition) is 8. The van der Waals surface area contributed by atoms with Crippen LogP contribution in [0.3, 0.4) is 0 Å². The van der Waals surface area contributed by atoms with E-state index < -0.39 is 0 Å². The summed E-state index contributed by atoms with van der Waals surface area (Å²) in [5.74, 6) is 0.292. The van der Waals surface area contributed by atoms with Gasteiger partial charge in [0.25, 0.3) is 0 Å². The molecule has 0 unspecified atom stereocenters. The maximum absolute atomic E-state index is 13.4. The Morgan fingerprint density at radius 2 is 1.97 bits per heavy atom. The van der Waals surface area contributed by atoms with Crippen LogP contribution in [0.1, 0.15) is 12.8 Å². The molecule has 0 saturated carbocycles. The van der Waals surface area contributed by atoms with Crippen LogP contribution in [-0.2, 0) is 16.1 Å². The molecule has 0 radical (unpaired) electrons. The van der Waals surface area contributed by atoms with Crippen LogP contribution >= 0.6 is 11.8 Å². The third kappa shape index (κ3) is 5.13. The molecule has 1 atom stereocenters. The van der Waals surface area contributed by atoms with Gasteiger partial charge in [-0.25, -0.2) is 9.07 Å². The zero-order valence-corrected chi connectivity index (χ0v) is 18.9. The smallest absolute Gasteiger partial charge is 0.234 e. The van der Waals surface area contributed by atoms with Crippen LogP contribution < -0.4 is 5.32 Å². The number of benzene rings is 2. The number of hydrogen-bond donors (Lipinski definition) is 1. The number of tetrazole rings is 1. The summed E-state index contributed by atoms with van der Waals surface area (Å²) in [4.78, 5) is 12.6. The van der Waals surface area contributed by atoms with Crippen LogP contribution in [0.2, 0.25) is 0 Å². The number of rotatable bonds is 8. The minimum Gasteiger partial charge on any atom is -0.376 e. The van der Waals surface area contributed by atoms with Gasteiger partial charge in [0.1, 0.15) is 12.1 Å². The van der Waals surface area contributed by atoms with Gasteiger partial charge in [-0.2, -0.15) is 0 Å². The monoisotopic (exact) mass is 480 g/mol. The van der Waals surface area contributed by atoms with E-state index in [9.17, 15) is 9.18 Å². The molecule has 1 aliphatic rings. The molecule has 10 nitrogen and oxygen atoms in total. The summed E-state index contributed by atoms with van der Waals surface area (Å²) in [6.07, 6.45) is 3.52. The van der Waals surface area contributed by atoms with Gasteiger partial charge in [0.15, 0.2) is 11.0 Å². The molecule has 0 spiro atoms. The Morgan fingerprint density at radius 3 is 2.68 bits per heavy atom. The molecule has 34 heavy (non-hydrogen) atoms. The highest BCUT2D eigenvalue weighted by molar-refractivity contribution is 7.99. The molecular formula is C22H21FN8O2S. The summed E-state index contributed by atoms with van der Waals surface area (Å²) in [5, 5.41) is 23.2. The number of thioether (sulfide) groups is 1. The first-order chi connectivity index (χ1) is 16.7. The van der Waals surface area contributed by atoms with E-state index in [2.05, 4.69) is 31.0 Å². The van der Waals surface area contributed by atoms with Crippen LogP contribution in [0.25, 0.3) is 17.1 Å². The zero-order chi connectivity index (χ0) is 23.3.